The Bertz CT molecular complexity index is 358. The van der Waals surface area contributed by atoms with Gasteiger partial charge in [0, 0.05) is 5.02 Å². The van der Waals surface area contributed by atoms with Crippen LogP contribution in [-0.2, 0) is 0 Å². The monoisotopic (exact) mass is 224 g/mol. The van der Waals surface area contributed by atoms with Crippen LogP contribution >= 0.6 is 11.6 Å². The zero-order valence-electron chi connectivity index (χ0n) is 9.26. The number of allylic oxidation sites excluding steroid dienone is 1. The van der Waals surface area contributed by atoms with E-state index in [0.717, 1.165) is 23.1 Å². The zero-order chi connectivity index (χ0) is 11.4. The van der Waals surface area contributed by atoms with Crippen LogP contribution in [-0.4, -0.2) is 5.11 Å². The molecule has 1 N–H and O–H groups in total. The van der Waals surface area contributed by atoms with Crippen molar-refractivity contribution in [3.8, 4) is 0 Å². The number of hydrogen-bond donors (Lipinski definition) is 1. The van der Waals surface area contributed by atoms with Crippen LogP contribution in [0.15, 0.2) is 30.4 Å². The van der Waals surface area contributed by atoms with E-state index in [-0.39, 0.29) is 0 Å². The van der Waals surface area contributed by atoms with Crippen molar-refractivity contribution in [1.82, 2.24) is 0 Å². The first-order valence-electron chi connectivity index (χ1n) is 5.09. The van der Waals surface area contributed by atoms with E-state index in [1.807, 2.05) is 32.0 Å². The van der Waals surface area contributed by atoms with E-state index in [1.165, 1.54) is 0 Å². The van der Waals surface area contributed by atoms with Crippen LogP contribution in [0.4, 0.5) is 0 Å². The SMILES string of the molecule is C=C(C)CCC(O)c1ccc(C)c(Cl)c1. The summed E-state index contributed by atoms with van der Waals surface area (Å²) in [4.78, 5) is 0. The minimum Gasteiger partial charge on any atom is -0.388 e. The van der Waals surface area contributed by atoms with Gasteiger partial charge in [0.25, 0.3) is 0 Å². The standard InChI is InChI=1S/C13H17ClO/c1-9(2)4-7-13(15)11-6-5-10(3)12(14)8-11/h5-6,8,13,15H,1,4,7H2,2-3H3. The van der Waals surface area contributed by atoms with Crippen molar-refractivity contribution in [2.45, 2.75) is 32.8 Å². The molecule has 0 heterocycles. The summed E-state index contributed by atoms with van der Waals surface area (Å²) in [7, 11) is 0. The molecule has 0 aliphatic rings. The van der Waals surface area contributed by atoms with Crippen molar-refractivity contribution < 1.29 is 5.11 Å². The van der Waals surface area contributed by atoms with Crippen LogP contribution in [0.25, 0.3) is 0 Å². The normalized spacial score (nSPS) is 12.5. The van der Waals surface area contributed by atoms with Gasteiger partial charge < -0.3 is 5.11 Å². The van der Waals surface area contributed by atoms with Gasteiger partial charge in [-0.05, 0) is 43.9 Å². The average Bonchev–Trinajstić information content (AvgIpc) is 2.18. The summed E-state index contributed by atoms with van der Waals surface area (Å²) in [6, 6.07) is 5.69. The van der Waals surface area contributed by atoms with Crippen molar-refractivity contribution in [1.29, 1.82) is 0 Å². The fraction of sp³-hybridized carbons (Fsp3) is 0.385. The summed E-state index contributed by atoms with van der Waals surface area (Å²) < 4.78 is 0. The molecule has 82 valence electrons. The van der Waals surface area contributed by atoms with Gasteiger partial charge in [0.15, 0.2) is 0 Å². The fourth-order valence-electron chi connectivity index (χ4n) is 1.37. The molecule has 0 radical (unpaired) electrons. The number of rotatable bonds is 4. The Balaban J connectivity index is 2.69. The maximum absolute atomic E-state index is 9.88. The highest BCUT2D eigenvalue weighted by molar-refractivity contribution is 6.31. The molecule has 0 amide bonds. The number of hydrogen-bond acceptors (Lipinski definition) is 1. The largest absolute Gasteiger partial charge is 0.388 e. The highest BCUT2D eigenvalue weighted by atomic mass is 35.5. The lowest BCUT2D eigenvalue weighted by molar-refractivity contribution is 0.168. The maximum Gasteiger partial charge on any atom is 0.0793 e. The van der Waals surface area contributed by atoms with Gasteiger partial charge in [-0.3, -0.25) is 0 Å². The van der Waals surface area contributed by atoms with Crippen molar-refractivity contribution in [3.63, 3.8) is 0 Å². The quantitative estimate of drug-likeness (QED) is 0.766. The maximum atomic E-state index is 9.88. The predicted octanol–water partition coefficient (Wildman–Crippen LogP) is 4.04. The number of halogens is 1. The Morgan fingerprint density at radius 1 is 1.53 bits per heavy atom. The van der Waals surface area contributed by atoms with E-state index in [2.05, 4.69) is 6.58 Å². The minimum absolute atomic E-state index is 0.445. The summed E-state index contributed by atoms with van der Waals surface area (Å²) >= 11 is 5.99. The second-order valence-electron chi connectivity index (χ2n) is 4.02. The first-order valence-corrected chi connectivity index (χ1v) is 5.47. The van der Waals surface area contributed by atoms with Gasteiger partial charge in [-0.15, -0.1) is 6.58 Å². The second-order valence-corrected chi connectivity index (χ2v) is 4.43. The first kappa shape index (κ1) is 12.3. The lowest BCUT2D eigenvalue weighted by Gasteiger charge is -2.11. The summed E-state index contributed by atoms with van der Waals surface area (Å²) in [6.07, 6.45) is 1.10. The molecule has 2 heteroatoms. The zero-order valence-corrected chi connectivity index (χ0v) is 10.0. The molecule has 0 aliphatic carbocycles. The Kier molecular flexibility index (Phi) is 4.37. The van der Waals surface area contributed by atoms with Crippen LogP contribution in [0.5, 0.6) is 0 Å². The first-order chi connectivity index (χ1) is 7.00. The second kappa shape index (κ2) is 5.34. The van der Waals surface area contributed by atoms with E-state index in [1.54, 1.807) is 0 Å². The summed E-state index contributed by atoms with van der Waals surface area (Å²) in [5.41, 5.74) is 3.01. The summed E-state index contributed by atoms with van der Waals surface area (Å²) in [6.45, 7) is 7.73. The van der Waals surface area contributed by atoms with Crippen LogP contribution in [0, 0.1) is 6.92 Å². The average molecular weight is 225 g/mol. The van der Waals surface area contributed by atoms with E-state index >= 15 is 0 Å². The molecule has 1 rings (SSSR count). The van der Waals surface area contributed by atoms with Gasteiger partial charge in [0.2, 0.25) is 0 Å². The lowest BCUT2D eigenvalue weighted by Crippen LogP contribution is -1.97. The van der Waals surface area contributed by atoms with E-state index in [9.17, 15) is 5.11 Å². The Labute approximate surface area is 96.4 Å². The third-order valence-corrected chi connectivity index (χ3v) is 2.83. The van der Waals surface area contributed by atoms with Gasteiger partial charge in [-0.2, -0.15) is 0 Å². The number of benzene rings is 1. The van der Waals surface area contributed by atoms with Gasteiger partial charge >= 0.3 is 0 Å². The summed E-state index contributed by atoms with van der Waals surface area (Å²) in [5, 5.41) is 10.6. The molecule has 1 unspecified atom stereocenters. The van der Waals surface area contributed by atoms with E-state index < -0.39 is 6.10 Å². The molecule has 1 aromatic carbocycles. The third-order valence-electron chi connectivity index (χ3n) is 2.43. The van der Waals surface area contributed by atoms with Crippen molar-refractivity contribution in [3.05, 3.63) is 46.5 Å². The smallest absolute Gasteiger partial charge is 0.0793 e. The molecular formula is C13H17ClO. The van der Waals surface area contributed by atoms with Crippen molar-refractivity contribution in [2.75, 3.05) is 0 Å². The highest BCUT2D eigenvalue weighted by Crippen LogP contribution is 2.24. The van der Waals surface area contributed by atoms with Crippen LogP contribution in [0.1, 0.15) is 37.0 Å². The number of aryl methyl sites for hydroxylation is 1. The number of aliphatic hydroxyl groups excluding tert-OH is 1. The van der Waals surface area contributed by atoms with Gasteiger partial charge in [0.05, 0.1) is 6.10 Å². The lowest BCUT2D eigenvalue weighted by atomic mass is 10.0. The fourth-order valence-corrected chi connectivity index (χ4v) is 1.56. The Morgan fingerprint density at radius 3 is 2.73 bits per heavy atom. The van der Waals surface area contributed by atoms with Crippen LogP contribution in [0.3, 0.4) is 0 Å². The van der Waals surface area contributed by atoms with Gasteiger partial charge in [-0.25, -0.2) is 0 Å². The summed E-state index contributed by atoms with van der Waals surface area (Å²) in [5.74, 6) is 0. The molecule has 1 nitrogen and oxygen atoms in total. The molecule has 0 saturated carbocycles. The molecule has 0 spiro atoms. The van der Waals surface area contributed by atoms with Crippen molar-refractivity contribution in [2.24, 2.45) is 0 Å². The minimum atomic E-state index is -0.445. The molecule has 0 aliphatic heterocycles. The molecular weight excluding hydrogens is 208 g/mol. The van der Waals surface area contributed by atoms with Crippen LogP contribution in [0.2, 0.25) is 5.02 Å². The Hall–Kier alpha value is -0.790. The Morgan fingerprint density at radius 2 is 2.20 bits per heavy atom. The topological polar surface area (TPSA) is 20.2 Å². The molecule has 0 aromatic heterocycles. The van der Waals surface area contributed by atoms with E-state index in [4.69, 9.17) is 11.6 Å². The van der Waals surface area contributed by atoms with Gasteiger partial charge in [-0.1, -0.05) is 29.3 Å². The molecule has 1 atom stereocenters. The molecule has 1 aromatic rings. The molecule has 0 bridgehead atoms. The molecule has 0 fully saturated rings. The highest BCUT2D eigenvalue weighted by Gasteiger charge is 2.08. The van der Waals surface area contributed by atoms with Crippen LogP contribution < -0.4 is 0 Å². The molecule has 0 saturated heterocycles. The van der Waals surface area contributed by atoms with Gasteiger partial charge in [0.1, 0.15) is 0 Å². The van der Waals surface area contributed by atoms with E-state index in [0.29, 0.717) is 11.4 Å². The third kappa shape index (κ3) is 3.69. The number of aliphatic hydroxyl groups is 1. The predicted molar refractivity (Wildman–Crippen MR) is 65.2 cm³/mol. The molecule has 15 heavy (non-hydrogen) atoms. The van der Waals surface area contributed by atoms with Crippen molar-refractivity contribution >= 4 is 11.6 Å².